The minimum absolute atomic E-state index is 0.00482. The smallest absolute Gasteiger partial charge is 0.341 e. The van der Waals surface area contributed by atoms with Gasteiger partial charge < -0.3 is 14.8 Å². The number of benzene rings is 3. The van der Waals surface area contributed by atoms with Crippen molar-refractivity contribution >= 4 is 39.2 Å². The number of nitrogens with two attached hydrogens (primary N) is 1. The monoisotopic (exact) mass is 474 g/mol. The molecule has 0 radical (unpaired) electrons. The van der Waals surface area contributed by atoms with E-state index in [1.807, 2.05) is 0 Å². The van der Waals surface area contributed by atoms with Gasteiger partial charge in [0, 0.05) is 10.7 Å². The zero-order valence-corrected chi connectivity index (χ0v) is 18.4. The van der Waals surface area contributed by atoms with Gasteiger partial charge in [-0.1, -0.05) is 41.9 Å². The van der Waals surface area contributed by atoms with Crippen LogP contribution in [0.1, 0.15) is 15.9 Å². The van der Waals surface area contributed by atoms with Gasteiger partial charge in [0.1, 0.15) is 22.0 Å². The second-order valence-electron chi connectivity index (χ2n) is 6.61. The van der Waals surface area contributed by atoms with Gasteiger partial charge in [-0.15, -0.1) is 0 Å². The molecule has 0 saturated heterocycles. The number of methoxy groups -OCH3 is 1. The highest BCUT2D eigenvalue weighted by atomic mass is 35.5. The Morgan fingerprint density at radius 1 is 1.00 bits per heavy atom. The average Bonchev–Trinajstić information content (AvgIpc) is 2.75. The maximum atomic E-state index is 12.4. The van der Waals surface area contributed by atoms with E-state index in [1.54, 1.807) is 36.4 Å². The highest BCUT2D eigenvalue weighted by molar-refractivity contribution is 7.89. The van der Waals surface area contributed by atoms with Crippen molar-refractivity contribution in [1.82, 2.24) is 0 Å². The Bertz CT molecular complexity index is 1280. The lowest BCUT2D eigenvalue weighted by molar-refractivity contribution is -0.115. The summed E-state index contributed by atoms with van der Waals surface area (Å²) >= 11 is 6.07. The first-order chi connectivity index (χ1) is 15.2. The van der Waals surface area contributed by atoms with Crippen molar-refractivity contribution in [3.63, 3.8) is 0 Å². The number of hydrogen-bond acceptors (Lipinski definition) is 6. The van der Waals surface area contributed by atoms with Crippen molar-refractivity contribution in [3.8, 4) is 11.5 Å². The Balaban J connectivity index is 1.88. The lowest BCUT2D eigenvalue weighted by Gasteiger charge is -2.14. The maximum absolute atomic E-state index is 12.4. The predicted molar refractivity (Wildman–Crippen MR) is 119 cm³/mol. The van der Waals surface area contributed by atoms with E-state index in [1.165, 1.54) is 37.4 Å². The molecule has 3 rings (SSSR count). The SMILES string of the molecule is COC(=O)c1ccccc1Oc1ccc(NC(=O)Cc2ccccc2Cl)cc1S(N)(=O)=O. The number of anilines is 1. The van der Waals surface area contributed by atoms with Crippen molar-refractivity contribution in [3.05, 3.63) is 82.9 Å². The van der Waals surface area contributed by atoms with Crippen LogP contribution in [-0.2, 0) is 26.0 Å². The van der Waals surface area contributed by atoms with E-state index in [-0.39, 0.29) is 34.1 Å². The third-order valence-electron chi connectivity index (χ3n) is 4.36. The van der Waals surface area contributed by atoms with E-state index in [0.29, 0.717) is 10.6 Å². The molecule has 0 bridgehead atoms. The molecule has 0 aromatic heterocycles. The number of sulfonamides is 1. The van der Waals surface area contributed by atoms with Gasteiger partial charge in [0.05, 0.1) is 13.5 Å². The normalized spacial score (nSPS) is 11.0. The van der Waals surface area contributed by atoms with Crippen molar-refractivity contribution in [2.24, 2.45) is 5.14 Å². The summed E-state index contributed by atoms with van der Waals surface area (Å²) < 4.78 is 34.7. The zero-order chi connectivity index (χ0) is 23.3. The summed E-state index contributed by atoms with van der Waals surface area (Å²) in [6, 6.07) is 17.0. The van der Waals surface area contributed by atoms with E-state index < -0.39 is 21.9 Å². The Morgan fingerprint density at radius 3 is 2.38 bits per heavy atom. The van der Waals surface area contributed by atoms with Crippen molar-refractivity contribution in [1.29, 1.82) is 0 Å². The number of ether oxygens (including phenoxy) is 2. The summed E-state index contributed by atoms with van der Waals surface area (Å²) in [7, 11) is -3.01. The Labute approximate surface area is 190 Å². The minimum Gasteiger partial charge on any atom is -0.465 e. The van der Waals surface area contributed by atoms with Gasteiger partial charge >= 0.3 is 5.97 Å². The molecular formula is C22H19ClN2O6S. The number of primary sulfonamides is 1. The standard InChI is InChI=1S/C22H19ClN2O6S/c1-30-22(27)16-7-3-5-9-18(16)31-19-11-10-15(13-20(19)32(24,28)29)25-21(26)12-14-6-2-4-8-17(14)23/h2-11,13H,12H2,1H3,(H,25,26)(H2,24,28,29). The lowest BCUT2D eigenvalue weighted by atomic mass is 10.1. The fourth-order valence-corrected chi connectivity index (χ4v) is 3.75. The lowest BCUT2D eigenvalue weighted by Crippen LogP contribution is -2.17. The number of amides is 1. The second kappa shape index (κ2) is 9.82. The summed E-state index contributed by atoms with van der Waals surface area (Å²) in [5.41, 5.74) is 0.921. The molecule has 0 aliphatic carbocycles. The number of halogens is 1. The number of carbonyl (C=O) groups excluding carboxylic acids is 2. The minimum atomic E-state index is -4.23. The molecule has 0 fully saturated rings. The van der Waals surface area contributed by atoms with Crippen LogP contribution in [0.25, 0.3) is 0 Å². The molecular weight excluding hydrogens is 456 g/mol. The van der Waals surface area contributed by atoms with E-state index in [9.17, 15) is 18.0 Å². The number of nitrogens with one attached hydrogen (secondary N) is 1. The Kier molecular flexibility index (Phi) is 7.14. The van der Waals surface area contributed by atoms with E-state index >= 15 is 0 Å². The fourth-order valence-electron chi connectivity index (χ4n) is 2.87. The number of carbonyl (C=O) groups is 2. The van der Waals surface area contributed by atoms with Gasteiger partial charge in [0.2, 0.25) is 15.9 Å². The van der Waals surface area contributed by atoms with Gasteiger partial charge in [-0.3, -0.25) is 4.79 Å². The molecule has 0 spiro atoms. The number of esters is 1. The van der Waals surface area contributed by atoms with Crippen molar-refractivity contribution < 1.29 is 27.5 Å². The van der Waals surface area contributed by atoms with Crippen LogP contribution in [0, 0.1) is 0 Å². The van der Waals surface area contributed by atoms with Crippen LogP contribution in [0.5, 0.6) is 11.5 Å². The Morgan fingerprint density at radius 2 is 1.69 bits per heavy atom. The summed E-state index contributed by atoms with van der Waals surface area (Å²) in [6.45, 7) is 0. The van der Waals surface area contributed by atoms with Crippen LogP contribution in [0.3, 0.4) is 0 Å². The van der Waals surface area contributed by atoms with Crippen LogP contribution in [0.15, 0.2) is 71.6 Å². The molecule has 1 amide bonds. The predicted octanol–water partition coefficient (Wildman–Crippen LogP) is 3.75. The van der Waals surface area contributed by atoms with Crippen molar-refractivity contribution in [2.75, 3.05) is 12.4 Å². The Hall–Kier alpha value is -3.40. The van der Waals surface area contributed by atoms with E-state index in [2.05, 4.69) is 5.32 Å². The first-order valence-electron chi connectivity index (χ1n) is 9.24. The molecule has 0 heterocycles. The highest BCUT2D eigenvalue weighted by Gasteiger charge is 2.20. The first-order valence-corrected chi connectivity index (χ1v) is 11.2. The van der Waals surface area contributed by atoms with Gasteiger partial charge in [-0.2, -0.15) is 0 Å². The third kappa shape index (κ3) is 5.64. The van der Waals surface area contributed by atoms with Crippen LogP contribution in [0.4, 0.5) is 5.69 Å². The quantitative estimate of drug-likeness (QED) is 0.502. The topological polar surface area (TPSA) is 125 Å². The molecule has 0 unspecified atom stereocenters. The molecule has 32 heavy (non-hydrogen) atoms. The molecule has 3 aromatic rings. The molecule has 10 heteroatoms. The van der Waals surface area contributed by atoms with Crippen LogP contribution in [-0.4, -0.2) is 27.4 Å². The number of rotatable bonds is 7. The summed E-state index contributed by atoms with van der Waals surface area (Å²) in [4.78, 5) is 24.0. The third-order valence-corrected chi connectivity index (χ3v) is 5.66. The molecule has 3 N–H and O–H groups in total. The largest absolute Gasteiger partial charge is 0.465 e. The number of para-hydroxylation sites is 1. The number of hydrogen-bond donors (Lipinski definition) is 2. The van der Waals surface area contributed by atoms with Gasteiger partial charge in [-0.25, -0.2) is 18.4 Å². The summed E-state index contributed by atoms with van der Waals surface area (Å²) in [5.74, 6) is -1.09. The van der Waals surface area contributed by atoms with Gasteiger partial charge in [-0.05, 0) is 42.0 Å². The summed E-state index contributed by atoms with van der Waals surface area (Å²) in [6.07, 6.45) is -0.00482. The molecule has 0 aliphatic rings. The average molecular weight is 475 g/mol. The van der Waals surface area contributed by atoms with Crippen molar-refractivity contribution in [2.45, 2.75) is 11.3 Å². The van der Waals surface area contributed by atoms with Crippen LogP contribution < -0.4 is 15.2 Å². The van der Waals surface area contributed by atoms with Gasteiger partial charge in [0.25, 0.3) is 0 Å². The van der Waals surface area contributed by atoms with E-state index in [4.69, 9.17) is 26.2 Å². The maximum Gasteiger partial charge on any atom is 0.341 e. The molecule has 0 aliphatic heterocycles. The molecule has 8 nitrogen and oxygen atoms in total. The first kappa shape index (κ1) is 23.3. The van der Waals surface area contributed by atoms with E-state index in [0.717, 1.165) is 0 Å². The molecule has 3 aromatic carbocycles. The molecule has 166 valence electrons. The van der Waals surface area contributed by atoms with Crippen LogP contribution in [0.2, 0.25) is 5.02 Å². The second-order valence-corrected chi connectivity index (χ2v) is 8.55. The molecule has 0 saturated carbocycles. The zero-order valence-electron chi connectivity index (χ0n) is 16.9. The van der Waals surface area contributed by atoms with Gasteiger partial charge in [0.15, 0.2) is 0 Å². The fraction of sp³-hybridized carbons (Fsp3) is 0.0909. The molecule has 0 atom stereocenters. The van der Waals surface area contributed by atoms with Crippen LogP contribution >= 0.6 is 11.6 Å². The summed E-state index contributed by atoms with van der Waals surface area (Å²) in [5, 5.41) is 8.41. The highest BCUT2D eigenvalue weighted by Crippen LogP contribution is 2.32.